The summed E-state index contributed by atoms with van der Waals surface area (Å²) < 4.78 is 6.49. The molecular formula is C20H19NO2S2. The number of ether oxygens (including phenoxy) is 1. The molecular weight excluding hydrogens is 350 g/mol. The molecule has 0 radical (unpaired) electrons. The standard InChI is InChI=1S/C20H19NO2S2/c1-2-3-12-21-19(22)18(25-20(21)24)14-15-8-7-11-17(13-15)23-16-9-5-4-6-10-16/h4-11,13-14H,2-3,12H2,1H3/b18-14-. The topological polar surface area (TPSA) is 29.5 Å². The highest BCUT2D eigenvalue weighted by Gasteiger charge is 2.31. The lowest BCUT2D eigenvalue weighted by Crippen LogP contribution is -2.28. The molecule has 0 unspecified atom stereocenters. The van der Waals surface area contributed by atoms with E-state index in [9.17, 15) is 4.79 Å². The van der Waals surface area contributed by atoms with Crippen LogP contribution in [-0.4, -0.2) is 21.7 Å². The van der Waals surface area contributed by atoms with Gasteiger partial charge in [0.1, 0.15) is 15.8 Å². The number of hydrogen-bond donors (Lipinski definition) is 0. The normalized spacial score (nSPS) is 15.9. The quantitative estimate of drug-likeness (QED) is 0.498. The van der Waals surface area contributed by atoms with Gasteiger partial charge in [0, 0.05) is 6.54 Å². The number of amides is 1. The van der Waals surface area contributed by atoms with Crippen molar-refractivity contribution in [2.75, 3.05) is 6.54 Å². The maximum Gasteiger partial charge on any atom is 0.266 e. The van der Waals surface area contributed by atoms with E-state index in [1.165, 1.54) is 11.8 Å². The molecule has 3 rings (SSSR count). The second kappa shape index (κ2) is 8.32. The van der Waals surface area contributed by atoms with Crippen molar-refractivity contribution >= 4 is 40.3 Å². The fourth-order valence-corrected chi connectivity index (χ4v) is 3.76. The van der Waals surface area contributed by atoms with Gasteiger partial charge in [0.15, 0.2) is 0 Å². The van der Waals surface area contributed by atoms with Crippen molar-refractivity contribution in [1.29, 1.82) is 0 Å². The average Bonchev–Trinajstić information content (AvgIpc) is 2.88. The van der Waals surface area contributed by atoms with E-state index in [1.54, 1.807) is 4.90 Å². The zero-order valence-corrected chi connectivity index (χ0v) is 15.6. The van der Waals surface area contributed by atoms with Crippen LogP contribution >= 0.6 is 24.0 Å². The Labute approximate surface area is 157 Å². The van der Waals surface area contributed by atoms with Crippen LogP contribution in [-0.2, 0) is 4.79 Å². The molecule has 2 aromatic carbocycles. The fourth-order valence-electron chi connectivity index (χ4n) is 2.45. The molecule has 0 aromatic heterocycles. The van der Waals surface area contributed by atoms with Crippen molar-refractivity contribution in [3.8, 4) is 11.5 Å². The van der Waals surface area contributed by atoms with Gasteiger partial charge in [-0.25, -0.2) is 0 Å². The number of thiocarbonyl (C=S) groups is 1. The molecule has 0 N–H and O–H groups in total. The van der Waals surface area contributed by atoms with E-state index < -0.39 is 0 Å². The van der Waals surface area contributed by atoms with Gasteiger partial charge >= 0.3 is 0 Å². The highest BCUT2D eigenvalue weighted by Crippen LogP contribution is 2.33. The summed E-state index contributed by atoms with van der Waals surface area (Å²) in [5.74, 6) is 1.52. The SMILES string of the molecule is CCCCN1C(=O)/C(=C/c2cccc(Oc3ccccc3)c2)SC1=S. The molecule has 1 heterocycles. The minimum Gasteiger partial charge on any atom is -0.457 e. The highest BCUT2D eigenvalue weighted by atomic mass is 32.2. The molecule has 1 saturated heterocycles. The summed E-state index contributed by atoms with van der Waals surface area (Å²) >= 11 is 6.70. The van der Waals surface area contributed by atoms with Gasteiger partial charge in [-0.3, -0.25) is 9.69 Å². The van der Waals surface area contributed by atoms with E-state index in [4.69, 9.17) is 17.0 Å². The van der Waals surface area contributed by atoms with Crippen molar-refractivity contribution in [2.24, 2.45) is 0 Å². The van der Waals surface area contributed by atoms with Gasteiger partial charge in [0.25, 0.3) is 5.91 Å². The monoisotopic (exact) mass is 369 g/mol. The lowest BCUT2D eigenvalue weighted by molar-refractivity contribution is -0.122. The number of rotatable bonds is 6. The Balaban J connectivity index is 1.76. The molecule has 128 valence electrons. The predicted molar refractivity (Wildman–Crippen MR) is 108 cm³/mol. The molecule has 1 aliphatic heterocycles. The molecule has 0 aliphatic carbocycles. The molecule has 0 atom stereocenters. The van der Waals surface area contributed by atoms with Crippen molar-refractivity contribution in [3.05, 3.63) is 65.1 Å². The molecule has 0 bridgehead atoms. The zero-order valence-electron chi connectivity index (χ0n) is 14.0. The fraction of sp³-hybridized carbons (Fsp3) is 0.200. The summed E-state index contributed by atoms with van der Waals surface area (Å²) in [5.41, 5.74) is 0.921. The van der Waals surface area contributed by atoms with Crippen molar-refractivity contribution in [3.63, 3.8) is 0 Å². The van der Waals surface area contributed by atoms with Crippen molar-refractivity contribution < 1.29 is 9.53 Å². The van der Waals surface area contributed by atoms with Gasteiger partial charge in [-0.05, 0) is 42.3 Å². The summed E-state index contributed by atoms with van der Waals surface area (Å²) in [4.78, 5) is 14.9. The molecule has 2 aromatic rings. The average molecular weight is 370 g/mol. The third-order valence-electron chi connectivity index (χ3n) is 3.74. The van der Waals surface area contributed by atoms with Crippen LogP contribution in [0, 0.1) is 0 Å². The summed E-state index contributed by atoms with van der Waals surface area (Å²) in [7, 11) is 0. The van der Waals surface area contributed by atoms with Crippen molar-refractivity contribution in [1.82, 2.24) is 4.90 Å². The number of unbranched alkanes of at least 4 members (excludes halogenated alkanes) is 1. The second-order valence-electron chi connectivity index (χ2n) is 5.67. The molecule has 5 heteroatoms. The third-order valence-corrected chi connectivity index (χ3v) is 5.12. The molecule has 25 heavy (non-hydrogen) atoms. The van der Waals surface area contributed by atoms with Crippen LogP contribution in [0.15, 0.2) is 59.5 Å². The first-order valence-electron chi connectivity index (χ1n) is 8.25. The van der Waals surface area contributed by atoms with E-state index in [0.717, 1.165) is 29.9 Å². The number of thioether (sulfide) groups is 1. The Bertz CT molecular complexity index is 802. The number of carbonyl (C=O) groups is 1. The molecule has 1 aliphatic rings. The highest BCUT2D eigenvalue weighted by molar-refractivity contribution is 8.26. The minimum absolute atomic E-state index is 0.00201. The molecule has 3 nitrogen and oxygen atoms in total. The number of nitrogens with zero attached hydrogens (tertiary/aromatic N) is 1. The number of carbonyl (C=O) groups excluding carboxylic acids is 1. The molecule has 1 fully saturated rings. The van der Waals surface area contributed by atoms with Crippen LogP contribution in [0.5, 0.6) is 11.5 Å². The molecule has 0 spiro atoms. The van der Waals surface area contributed by atoms with Crippen LogP contribution in [0.3, 0.4) is 0 Å². The van der Waals surface area contributed by atoms with Gasteiger partial charge < -0.3 is 4.74 Å². The Morgan fingerprint density at radius 3 is 2.64 bits per heavy atom. The molecule has 1 amide bonds. The summed E-state index contributed by atoms with van der Waals surface area (Å²) in [6.45, 7) is 2.79. The van der Waals surface area contributed by atoms with E-state index in [0.29, 0.717) is 15.8 Å². The lowest BCUT2D eigenvalue weighted by atomic mass is 10.2. The largest absolute Gasteiger partial charge is 0.457 e. The first-order valence-corrected chi connectivity index (χ1v) is 9.48. The van der Waals surface area contributed by atoms with Crippen LogP contribution in [0.25, 0.3) is 6.08 Å². The van der Waals surface area contributed by atoms with Crippen LogP contribution in [0.4, 0.5) is 0 Å². The zero-order chi connectivity index (χ0) is 17.6. The first kappa shape index (κ1) is 17.7. The Kier molecular flexibility index (Phi) is 5.89. The van der Waals surface area contributed by atoms with Crippen LogP contribution in [0.1, 0.15) is 25.3 Å². The number of para-hydroxylation sites is 1. The van der Waals surface area contributed by atoms with Crippen molar-refractivity contribution in [2.45, 2.75) is 19.8 Å². The first-order chi connectivity index (χ1) is 12.2. The smallest absolute Gasteiger partial charge is 0.266 e. The number of benzene rings is 2. The van der Waals surface area contributed by atoms with E-state index in [-0.39, 0.29) is 5.91 Å². The van der Waals surface area contributed by atoms with Gasteiger partial charge in [-0.2, -0.15) is 0 Å². The maximum absolute atomic E-state index is 12.5. The van der Waals surface area contributed by atoms with Gasteiger partial charge in [-0.15, -0.1) is 0 Å². The van der Waals surface area contributed by atoms with E-state index >= 15 is 0 Å². The van der Waals surface area contributed by atoms with Gasteiger partial charge in [0.05, 0.1) is 4.91 Å². The Morgan fingerprint density at radius 2 is 1.88 bits per heavy atom. The Morgan fingerprint density at radius 1 is 1.12 bits per heavy atom. The van der Waals surface area contributed by atoms with Crippen LogP contribution < -0.4 is 4.74 Å². The van der Waals surface area contributed by atoms with Crippen LogP contribution in [0.2, 0.25) is 0 Å². The number of hydrogen-bond acceptors (Lipinski definition) is 4. The second-order valence-corrected chi connectivity index (χ2v) is 7.35. The molecule has 0 saturated carbocycles. The van der Waals surface area contributed by atoms with E-state index in [2.05, 4.69) is 6.92 Å². The lowest BCUT2D eigenvalue weighted by Gasteiger charge is -2.13. The summed E-state index contributed by atoms with van der Waals surface area (Å²) in [5, 5.41) is 0. The summed E-state index contributed by atoms with van der Waals surface area (Å²) in [6.07, 6.45) is 3.87. The van der Waals surface area contributed by atoms with E-state index in [1.807, 2.05) is 60.7 Å². The maximum atomic E-state index is 12.5. The Hall–Kier alpha value is -2.11. The predicted octanol–water partition coefficient (Wildman–Crippen LogP) is 5.48. The van der Waals surface area contributed by atoms with Gasteiger partial charge in [-0.1, -0.05) is 67.7 Å². The third kappa shape index (κ3) is 4.50. The van der Waals surface area contributed by atoms with Gasteiger partial charge in [0.2, 0.25) is 0 Å². The summed E-state index contributed by atoms with van der Waals surface area (Å²) in [6, 6.07) is 17.3. The minimum atomic E-state index is -0.00201.